The first-order chi connectivity index (χ1) is 25.9. The van der Waals surface area contributed by atoms with Crippen molar-refractivity contribution in [1.29, 1.82) is 0 Å². The van der Waals surface area contributed by atoms with E-state index in [0.29, 0.717) is 79.3 Å². The summed E-state index contributed by atoms with van der Waals surface area (Å²) in [6.45, 7) is 7.04. The van der Waals surface area contributed by atoms with Crippen LogP contribution in [0.1, 0.15) is 0 Å². The summed E-state index contributed by atoms with van der Waals surface area (Å²) in [4.78, 5) is 0. The van der Waals surface area contributed by atoms with Gasteiger partial charge in [-0.15, -0.1) is 0 Å². The molecule has 7 rings (SSSR count). The smallest absolute Gasteiger partial charge is 0.470 e. The number of hydrogen-bond donors (Lipinski definition) is 0. The third-order valence-electron chi connectivity index (χ3n) is 7.31. The molecule has 272 valence electrons. The van der Waals surface area contributed by atoms with Gasteiger partial charge in [-0.1, -0.05) is 120 Å². The van der Waals surface area contributed by atoms with E-state index in [-0.39, 0.29) is 48.9 Å². The molecule has 0 radical (unpaired) electrons. The van der Waals surface area contributed by atoms with Gasteiger partial charge in [0.15, 0.2) is 0 Å². The van der Waals surface area contributed by atoms with Crippen LogP contribution in [0.4, 0.5) is 0 Å². The molecule has 3 heterocycles. The maximum absolute atomic E-state index is 5.33. The first kappa shape index (κ1) is 43.2. The molecular formula is C40H45BaN4O6P2+. The summed E-state index contributed by atoms with van der Waals surface area (Å²) in [6, 6.07) is 40.9. The van der Waals surface area contributed by atoms with Crippen molar-refractivity contribution in [3.05, 3.63) is 121 Å². The van der Waals surface area contributed by atoms with Crippen molar-refractivity contribution in [3.8, 4) is 44.0 Å². The van der Waals surface area contributed by atoms with Gasteiger partial charge in [0, 0.05) is 0 Å². The largest absolute Gasteiger partial charge is 2.00 e. The Labute approximate surface area is 355 Å². The van der Waals surface area contributed by atoms with Crippen LogP contribution in [-0.4, -0.2) is 138 Å². The van der Waals surface area contributed by atoms with E-state index in [0.717, 1.165) is 49.2 Å². The minimum absolute atomic E-state index is 0. The summed E-state index contributed by atoms with van der Waals surface area (Å²) in [5.41, 5.74) is 8.91. The van der Waals surface area contributed by atoms with Gasteiger partial charge in [-0.2, -0.15) is 10.2 Å². The van der Waals surface area contributed by atoms with E-state index >= 15 is 0 Å². The van der Waals surface area contributed by atoms with Crippen LogP contribution < -0.4 is 10.2 Å². The molecule has 1 N–H and O–H groups in total. The monoisotopic (exact) mass is 877 g/mol. The molecule has 1 saturated heterocycles. The van der Waals surface area contributed by atoms with Crippen LogP contribution in [0.2, 0.25) is 0 Å². The summed E-state index contributed by atoms with van der Waals surface area (Å²) in [5.74, 6) is 0. The quantitative estimate of drug-likeness (QED) is 0.170. The van der Waals surface area contributed by atoms with Gasteiger partial charge in [0.1, 0.15) is 0 Å². The van der Waals surface area contributed by atoms with E-state index in [1.165, 1.54) is 11.1 Å². The molecule has 6 aromatic rings. The average molecular weight is 877 g/mol. The molecule has 0 unspecified atom stereocenters. The Morgan fingerprint density at radius 3 is 1.08 bits per heavy atom. The molecule has 4 aromatic carbocycles. The van der Waals surface area contributed by atoms with Crippen molar-refractivity contribution in [2.75, 3.05) is 79.3 Å². The Balaban J connectivity index is 0.000000176. The number of benzene rings is 4. The molecule has 0 amide bonds. The first-order valence-electron chi connectivity index (χ1n) is 17.3. The fourth-order valence-corrected chi connectivity index (χ4v) is 6.59. The third kappa shape index (κ3) is 16.8. The predicted octanol–water partition coefficient (Wildman–Crippen LogP) is 7.20. The number of aromatic nitrogens is 4. The molecule has 13 heteroatoms. The van der Waals surface area contributed by atoms with Gasteiger partial charge in [-0.25, -0.2) is 0 Å². The maximum atomic E-state index is 5.33. The van der Waals surface area contributed by atoms with Crippen LogP contribution in [0, 0.1) is 0 Å². The Bertz CT molecular complexity index is 1470. The number of H-pyrrole nitrogens is 1. The number of rotatable bonds is 4. The molecule has 0 spiro atoms. The average Bonchev–Trinajstić information content (AvgIpc) is 3.92. The van der Waals surface area contributed by atoms with E-state index in [1.54, 1.807) is 0 Å². The summed E-state index contributed by atoms with van der Waals surface area (Å²) in [5, 5.41) is 16.0. The Kier molecular flexibility index (Phi) is 22.1. The zero-order valence-corrected chi connectivity index (χ0v) is 36.2. The van der Waals surface area contributed by atoms with Crippen molar-refractivity contribution in [2.45, 2.75) is 0 Å². The van der Waals surface area contributed by atoms with Crippen LogP contribution >= 0.6 is 16.4 Å². The third-order valence-corrected chi connectivity index (χ3v) is 9.58. The molecule has 1 fully saturated rings. The minimum atomic E-state index is 0. The minimum Gasteiger partial charge on any atom is -0.470 e. The van der Waals surface area contributed by atoms with Crippen molar-refractivity contribution < 1.29 is 33.5 Å². The van der Waals surface area contributed by atoms with Gasteiger partial charge in [0.05, 0.1) is 84.8 Å². The molecule has 10 nitrogen and oxygen atoms in total. The van der Waals surface area contributed by atoms with E-state index in [2.05, 4.69) is 68.9 Å². The molecule has 0 aliphatic carbocycles. The number of nitrogens with zero attached hydrogens (tertiary/aromatic N) is 3. The Morgan fingerprint density at radius 2 is 0.736 bits per heavy atom. The number of nitrogens with one attached hydrogen (secondary N) is 1. The summed E-state index contributed by atoms with van der Waals surface area (Å²) in [7, 11) is 2.22. The first-order valence-corrected chi connectivity index (χ1v) is 19.1. The molecule has 0 saturated carbocycles. The molecule has 0 atom stereocenters. The van der Waals surface area contributed by atoms with Gasteiger partial charge >= 0.3 is 48.9 Å². The fourth-order valence-electron chi connectivity index (χ4n) is 4.68. The van der Waals surface area contributed by atoms with E-state index < -0.39 is 0 Å². The molecule has 1 aliphatic heterocycles. The van der Waals surface area contributed by atoms with Crippen LogP contribution in [-0.2, 0) is 28.4 Å². The number of aromatic amines is 1. The molecule has 0 bridgehead atoms. The van der Waals surface area contributed by atoms with Crippen molar-refractivity contribution in [2.24, 2.45) is 0 Å². The Morgan fingerprint density at radius 1 is 0.434 bits per heavy atom. The predicted molar refractivity (Wildman–Crippen MR) is 211 cm³/mol. The maximum Gasteiger partial charge on any atom is 2.00 e. The standard InChI is InChI=1S/C14H11N2P.C14H10N2P.C12H24O6.Ba/c2*1-3-7-11(8-4-1)13-15-16-14(17-13)12-9-5-2-6-10-12;1-2-14-5-6-16-9-10-18-12-11-17-8-7-15-4-3-13-1;/h1-10,15H;1-10H;1-12H2;/q;-1;;+2. The second kappa shape index (κ2) is 27.1. The normalized spacial score (nSPS) is 14.9. The second-order valence-electron chi connectivity index (χ2n) is 11.1. The molecule has 2 aromatic heterocycles. The van der Waals surface area contributed by atoms with Gasteiger partial charge in [0.2, 0.25) is 5.43 Å². The van der Waals surface area contributed by atoms with Crippen LogP contribution in [0.5, 0.6) is 0 Å². The number of ether oxygens (including phenoxy) is 6. The van der Waals surface area contributed by atoms with Gasteiger partial charge in [-0.3, -0.25) is 5.10 Å². The van der Waals surface area contributed by atoms with Crippen LogP contribution in [0.3, 0.4) is 0 Å². The summed E-state index contributed by atoms with van der Waals surface area (Å²) >= 11 is 0. The molecular weight excluding hydrogens is 832 g/mol. The second-order valence-corrected chi connectivity index (χ2v) is 13.3. The van der Waals surface area contributed by atoms with Crippen molar-refractivity contribution >= 4 is 65.3 Å². The van der Waals surface area contributed by atoms with E-state index in [1.807, 2.05) is 72.8 Å². The molecule has 53 heavy (non-hydrogen) atoms. The van der Waals surface area contributed by atoms with Crippen LogP contribution in [0.15, 0.2) is 121 Å². The van der Waals surface area contributed by atoms with Crippen molar-refractivity contribution in [1.82, 2.24) is 15.3 Å². The van der Waals surface area contributed by atoms with Gasteiger partial charge in [0.25, 0.3) is 0 Å². The van der Waals surface area contributed by atoms with Gasteiger partial charge < -0.3 is 41.7 Å². The number of hydrogen-bond acceptors (Lipinski definition) is 8. The summed E-state index contributed by atoms with van der Waals surface area (Å²) < 4.78 is 32.0. The van der Waals surface area contributed by atoms with Crippen molar-refractivity contribution in [3.63, 3.8) is 0 Å². The fraction of sp³-hybridized carbons (Fsp3) is 0.300. The van der Waals surface area contributed by atoms with Gasteiger partial charge in [-0.05, 0) is 42.4 Å². The zero-order valence-electron chi connectivity index (χ0n) is 29.9. The summed E-state index contributed by atoms with van der Waals surface area (Å²) in [6.07, 6.45) is 0. The SMILES string of the molecule is C1COCCOCCOCCOCCOCCO1.[Ba+2].c1ccc(-c2[n-][nH+]c(-c3ccccc3)p2)cc1.c1ccc(-c2nnc(-c3ccccc3)[p-]2)cc1. The topological polar surface area (TPSA) is 109 Å². The van der Waals surface area contributed by atoms with E-state index in [9.17, 15) is 0 Å². The molecule has 1 aliphatic rings. The zero-order chi connectivity index (χ0) is 35.7. The van der Waals surface area contributed by atoms with E-state index in [4.69, 9.17) is 28.4 Å². The van der Waals surface area contributed by atoms with Crippen LogP contribution in [0.25, 0.3) is 44.0 Å². The Hall–Kier alpha value is -2.51.